The molecule has 0 spiro atoms. The van der Waals surface area contributed by atoms with Crippen LogP contribution in [0.25, 0.3) is 11.4 Å². The summed E-state index contributed by atoms with van der Waals surface area (Å²) in [5.74, 6) is 2.18. The van der Waals surface area contributed by atoms with Gasteiger partial charge < -0.3 is 15.1 Å². The van der Waals surface area contributed by atoms with Gasteiger partial charge in [0.05, 0.1) is 0 Å². The Balaban J connectivity index is 1.87. The van der Waals surface area contributed by atoms with Crippen LogP contribution >= 0.6 is 0 Å². The number of benzene rings is 1. The standard InChI is InChI=1S/C18H26N6/c1-3-4-10-19-17-20-16(15-8-6-5-7-9-15)21-18(22-17)24-13-11-23(2)12-14-24/h5-9H,3-4,10-14H2,1-2H3,(H,19,20,21,22). The van der Waals surface area contributed by atoms with E-state index < -0.39 is 0 Å². The lowest BCUT2D eigenvalue weighted by Gasteiger charge is -2.32. The summed E-state index contributed by atoms with van der Waals surface area (Å²) < 4.78 is 0. The molecule has 0 saturated carbocycles. The molecule has 1 fully saturated rings. The molecule has 0 amide bonds. The molecule has 1 aromatic heterocycles. The van der Waals surface area contributed by atoms with Gasteiger partial charge in [-0.05, 0) is 13.5 Å². The van der Waals surface area contributed by atoms with Crippen LogP contribution in [0.3, 0.4) is 0 Å². The number of unbranched alkanes of at least 4 members (excludes halogenated alkanes) is 1. The van der Waals surface area contributed by atoms with E-state index in [1.165, 1.54) is 0 Å². The molecule has 0 atom stereocenters. The fraction of sp³-hybridized carbons (Fsp3) is 0.500. The Bertz CT molecular complexity index is 637. The lowest BCUT2D eigenvalue weighted by atomic mass is 10.2. The van der Waals surface area contributed by atoms with E-state index in [0.717, 1.165) is 62.9 Å². The van der Waals surface area contributed by atoms with Gasteiger partial charge in [-0.3, -0.25) is 0 Å². The number of piperazine rings is 1. The monoisotopic (exact) mass is 326 g/mol. The predicted molar refractivity (Wildman–Crippen MR) is 98.4 cm³/mol. The molecule has 0 unspecified atom stereocenters. The highest BCUT2D eigenvalue weighted by Crippen LogP contribution is 2.20. The van der Waals surface area contributed by atoms with E-state index >= 15 is 0 Å². The highest BCUT2D eigenvalue weighted by atomic mass is 15.3. The van der Waals surface area contributed by atoms with Crippen molar-refractivity contribution in [1.82, 2.24) is 19.9 Å². The van der Waals surface area contributed by atoms with Crippen LogP contribution in [0.5, 0.6) is 0 Å². The molecule has 0 radical (unpaired) electrons. The topological polar surface area (TPSA) is 57.2 Å². The maximum absolute atomic E-state index is 4.73. The average molecular weight is 326 g/mol. The largest absolute Gasteiger partial charge is 0.354 e. The van der Waals surface area contributed by atoms with Crippen molar-refractivity contribution in [2.24, 2.45) is 0 Å². The Labute approximate surface area is 143 Å². The molecule has 6 nitrogen and oxygen atoms in total. The number of anilines is 2. The SMILES string of the molecule is CCCCNc1nc(-c2ccccc2)nc(N2CCN(C)CC2)n1. The number of nitrogens with zero attached hydrogens (tertiary/aromatic N) is 5. The van der Waals surface area contributed by atoms with E-state index in [1.807, 2.05) is 30.3 Å². The third-order valence-corrected chi connectivity index (χ3v) is 4.26. The molecule has 1 N–H and O–H groups in total. The molecule has 128 valence electrons. The van der Waals surface area contributed by atoms with Gasteiger partial charge in [0.2, 0.25) is 11.9 Å². The third-order valence-electron chi connectivity index (χ3n) is 4.26. The fourth-order valence-electron chi connectivity index (χ4n) is 2.68. The summed E-state index contributed by atoms with van der Waals surface area (Å²) in [6.07, 6.45) is 2.26. The number of hydrogen-bond acceptors (Lipinski definition) is 6. The zero-order chi connectivity index (χ0) is 16.8. The highest BCUT2D eigenvalue weighted by Gasteiger charge is 2.18. The van der Waals surface area contributed by atoms with Crippen molar-refractivity contribution in [3.63, 3.8) is 0 Å². The Kier molecular flexibility index (Phi) is 5.59. The molecule has 2 aromatic rings. The fourth-order valence-corrected chi connectivity index (χ4v) is 2.68. The normalized spacial score (nSPS) is 15.5. The van der Waals surface area contributed by atoms with E-state index in [9.17, 15) is 0 Å². The summed E-state index contributed by atoms with van der Waals surface area (Å²) in [7, 11) is 2.15. The molecule has 1 aliphatic rings. The van der Waals surface area contributed by atoms with Crippen LogP contribution in [0.2, 0.25) is 0 Å². The number of nitrogens with one attached hydrogen (secondary N) is 1. The van der Waals surface area contributed by atoms with Crippen LogP contribution in [0.4, 0.5) is 11.9 Å². The smallest absolute Gasteiger partial charge is 0.230 e. The number of hydrogen-bond donors (Lipinski definition) is 1. The van der Waals surface area contributed by atoms with E-state index in [0.29, 0.717) is 5.95 Å². The second kappa shape index (κ2) is 8.06. The summed E-state index contributed by atoms with van der Waals surface area (Å²) >= 11 is 0. The van der Waals surface area contributed by atoms with Crippen molar-refractivity contribution in [2.45, 2.75) is 19.8 Å². The molecule has 1 saturated heterocycles. The summed E-state index contributed by atoms with van der Waals surface area (Å²) in [6, 6.07) is 10.1. The molecular weight excluding hydrogens is 300 g/mol. The first-order valence-electron chi connectivity index (χ1n) is 8.75. The second-order valence-corrected chi connectivity index (χ2v) is 6.22. The number of rotatable bonds is 6. The van der Waals surface area contributed by atoms with Crippen LogP contribution in [-0.4, -0.2) is 59.6 Å². The molecule has 0 aliphatic carbocycles. The average Bonchev–Trinajstić information content (AvgIpc) is 2.63. The Morgan fingerprint density at radius 1 is 1.00 bits per heavy atom. The lowest BCUT2D eigenvalue weighted by Crippen LogP contribution is -2.45. The van der Waals surface area contributed by atoms with Crippen LogP contribution in [0, 0.1) is 0 Å². The zero-order valence-electron chi connectivity index (χ0n) is 14.6. The summed E-state index contributed by atoms with van der Waals surface area (Å²) in [6.45, 7) is 7.03. The first-order valence-corrected chi connectivity index (χ1v) is 8.75. The van der Waals surface area contributed by atoms with Gasteiger partial charge in [0.15, 0.2) is 5.82 Å². The molecule has 6 heteroatoms. The number of likely N-dealkylation sites (N-methyl/N-ethyl adjacent to an activating group) is 1. The van der Waals surface area contributed by atoms with E-state index in [4.69, 9.17) is 4.98 Å². The highest BCUT2D eigenvalue weighted by molar-refractivity contribution is 5.58. The van der Waals surface area contributed by atoms with E-state index in [1.54, 1.807) is 0 Å². The maximum Gasteiger partial charge on any atom is 0.230 e. The predicted octanol–water partition coefficient (Wildman–Crippen LogP) is 2.50. The van der Waals surface area contributed by atoms with Crippen molar-refractivity contribution in [2.75, 3.05) is 50.0 Å². The van der Waals surface area contributed by atoms with Gasteiger partial charge in [0.1, 0.15) is 0 Å². The summed E-state index contributed by atoms with van der Waals surface area (Å²) in [4.78, 5) is 18.6. The molecule has 1 aliphatic heterocycles. The minimum Gasteiger partial charge on any atom is -0.354 e. The first kappa shape index (κ1) is 16.6. The Hall–Kier alpha value is -2.21. The summed E-state index contributed by atoms with van der Waals surface area (Å²) in [5, 5.41) is 3.34. The summed E-state index contributed by atoms with van der Waals surface area (Å²) in [5.41, 5.74) is 1.02. The van der Waals surface area contributed by atoms with Crippen molar-refractivity contribution in [3.05, 3.63) is 30.3 Å². The van der Waals surface area contributed by atoms with Gasteiger partial charge in [-0.15, -0.1) is 0 Å². The second-order valence-electron chi connectivity index (χ2n) is 6.22. The maximum atomic E-state index is 4.73. The van der Waals surface area contributed by atoms with Gasteiger partial charge in [0, 0.05) is 38.3 Å². The molecule has 1 aromatic carbocycles. The van der Waals surface area contributed by atoms with Crippen molar-refractivity contribution in [3.8, 4) is 11.4 Å². The van der Waals surface area contributed by atoms with Crippen LogP contribution in [-0.2, 0) is 0 Å². The minimum absolute atomic E-state index is 0.672. The number of aromatic nitrogens is 3. The molecular formula is C18H26N6. The minimum atomic E-state index is 0.672. The lowest BCUT2D eigenvalue weighted by molar-refractivity contribution is 0.311. The van der Waals surface area contributed by atoms with Crippen molar-refractivity contribution < 1.29 is 0 Å². The van der Waals surface area contributed by atoms with Crippen molar-refractivity contribution in [1.29, 1.82) is 0 Å². The third kappa shape index (κ3) is 4.20. The van der Waals surface area contributed by atoms with Gasteiger partial charge >= 0.3 is 0 Å². The van der Waals surface area contributed by atoms with E-state index in [-0.39, 0.29) is 0 Å². The van der Waals surface area contributed by atoms with Crippen LogP contribution in [0.1, 0.15) is 19.8 Å². The Morgan fingerprint density at radius 3 is 2.46 bits per heavy atom. The first-order chi connectivity index (χ1) is 11.8. The molecule has 24 heavy (non-hydrogen) atoms. The van der Waals surface area contributed by atoms with Crippen molar-refractivity contribution >= 4 is 11.9 Å². The zero-order valence-corrected chi connectivity index (χ0v) is 14.6. The quantitative estimate of drug-likeness (QED) is 0.823. The van der Waals surface area contributed by atoms with Gasteiger partial charge in [0.25, 0.3) is 0 Å². The van der Waals surface area contributed by atoms with E-state index in [2.05, 4.69) is 39.1 Å². The molecule has 3 rings (SSSR count). The van der Waals surface area contributed by atoms with Crippen LogP contribution in [0.15, 0.2) is 30.3 Å². The van der Waals surface area contributed by atoms with Gasteiger partial charge in [-0.25, -0.2) is 0 Å². The molecule has 2 heterocycles. The Morgan fingerprint density at radius 2 is 1.75 bits per heavy atom. The van der Waals surface area contributed by atoms with Gasteiger partial charge in [-0.2, -0.15) is 15.0 Å². The van der Waals surface area contributed by atoms with Crippen LogP contribution < -0.4 is 10.2 Å². The van der Waals surface area contributed by atoms with Gasteiger partial charge in [-0.1, -0.05) is 43.7 Å². The molecule has 0 bridgehead atoms.